The smallest absolute Gasteiger partial charge is 0.266 e. The average molecular weight is 261 g/mol. The normalized spacial score (nSPS) is 27.4. The molecule has 0 bridgehead atoms. The lowest BCUT2D eigenvalue weighted by atomic mass is 10.1. The van der Waals surface area contributed by atoms with Crippen molar-refractivity contribution in [2.45, 2.75) is 26.2 Å². The van der Waals surface area contributed by atoms with E-state index < -0.39 is 5.78 Å². The van der Waals surface area contributed by atoms with Gasteiger partial charge in [0, 0.05) is 25.1 Å². The monoisotopic (exact) mass is 261 g/mol. The zero-order chi connectivity index (χ0) is 13.6. The van der Waals surface area contributed by atoms with E-state index in [2.05, 4.69) is 4.90 Å². The zero-order valence-electron chi connectivity index (χ0n) is 10.7. The molecular formula is C14H15NO4. The Morgan fingerprint density at radius 1 is 1.26 bits per heavy atom. The fraction of sp³-hybridized carbons (Fsp3) is 0.429. The van der Waals surface area contributed by atoms with Gasteiger partial charge in [0.2, 0.25) is 5.76 Å². The average Bonchev–Trinajstić information content (AvgIpc) is 3.06. The summed E-state index contributed by atoms with van der Waals surface area (Å²) >= 11 is 0. The van der Waals surface area contributed by atoms with Crippen molar-refractivity contribution in [1.82, 2.24) is 4.90 Å². The number of hydrogen-bond acceptors (Lipinski definition) is 5. The Hall–Kier alpha value is -2.04. The molecule has 1 aliphatic carbocycles. The predicted octanol–water partition coefficient (Wildman–Crippen LogP) is 1.58. The minimum absolute atomic E-state index is 0.0184. The van der Waals surface area contributed by atoms with Crippen LogP contribution in [0.25, 0.3) is 0 Å². The first kappa shape index (κ1) is 12.0. The molecule has 19 heavy (non-hydrogen) atoms. The van der Waals surface area contributed by atoms with Gasteiger partial charge in [-0.05, 0) is 25.8 Å². The highest BCUT2D eigenvalue weighted by Crippen LogP contribution is 2.33. The van der Waals surface area contributed by atoms with E-state index in [4.69, 9.17) is 4.74 Å². The maximum absolute atomic E-state index is 12.0. The first-order chi connectivity index (χ1) is 9.08. The Bertz CT molecular complexity index is 562. The summed E-state index contributed by atoms with van der Waals surface area (Å²) in [6.07, 6.45) is 4.08. The third-order valence-electron chi connectivity index (χ3n) is 3.70. The number of nitrogens with zero attached hydrogens (tertiary/aromatic N) is 1. The van der Waals surface area contributed by atoms with Gasteiger partial charge < -0.3 is 14.7 Å². The fourth-order valence-electron chi connectivity index (χ4n) is 2.66. The van der Waals surface area contributed by atoms with Gasteiger partial charge in [0.15, 0.2) is 11.5 Å². The second-order valence-corrected chi connectivity index (χ2v) is 5.01. The van der Waals surface area contributed by atoms with Crippen LogP contribution in [0.3, 0.4) is 0 Å². The highest BCUT2D eigenvalue weighted by atomic mass is 16.5. The van der Waals surface area contributed by atoms with Crippen molar-refractivity contribution in [2.75, 3.05) is 13.1 Å². The lowest BCUT2D eigenvalue weighted by Gasteiger charge is -2.16. The summed E-state index contributed by atoms with van der Waals surface area (Å²) in [5.74, 6) is -0.581. The predicted molar refractivity (Wildman–Crippen MR) is 67.0 cm³/mol. The molecule has 0 saturated carbocycles. The molecule has 5 heteroatoms. The first-order valence-electron chi connectivity index (χ1n) is 6.43. The summed E-state index contributed by atoms with van der Waals surface area (Å²) in [5, 5.41) is 9.50. The molecule has 1 N–H and O–H groups in total. The van der Waals surface area contributed by atoms with Gasteiger partial charge in [-0.15, -0.1) is 0 Å². The fourth-order valence-corrected chi connectivity index (χ4v) is 2.66. The number of aliphatic hydroxyl groups is 1. The van der Waals surface area contributed by atoms with Crippen molar-refractivity contribution in [3.8, 4) is 0 Å². The lowest BCUT2D eigenvalue weighted by Crippen LogP contribution is -2.21. The molecular weight excluding hydrogens is 246 g/mol. The summed E-state index contributed by atoms with van der Waals surface area (Å²) in [7, 11) is 0. The van der Waals surface area contributed by atoms with Crippen molar-refractivity contribution < 1.29 is 19.4 Å². The van der Waals surface area contributed by atoms with Crippen molar-refractivity contribution in [3.05, 3.63) is 34.6 Å². The minimum Gasteiger partial charge on any atom is -0.502 e. The molecule has 0 aromatic carbocycles. The van der Waals surface area contributed by atoms with E-state index in [0.717, 1.165) is 25.9 Å². The maximum atomic E-state index is 12.0. The Balaban J connectivity index is 1.92. The van der Waals surface area contributed by atoms with Crippen molar-refractivity contribution >= 4 is 11.6 Å². The molecule has 3 aliphatic rings. The van der Waals surface area contributed by atoms with Crippen molar-refractivity contribution in [2.24, 2.45) is 0 Å². The zero-order valence-corrected chi connectivity index (χ0v) is 10.7. The van der Waals surface area contributed by atoms with Gasteiger partial charge in [0.25, 0.3) is 5.78 Å². The molecule has 1 saturated heterocycles. The Kier molecular flexibility index (Phi) is 2.69. The number of Topliss-reactive ketones (excluding diaryl/α,β-unsaturated/α-hetero) is 2. The van der Waals surface area contributed by atoms with E-state index in [9.17, 15) is 14.7 Å². The molecule has 2 heterocycles. The van der Waals surface area contributed by atoms with Crippen LogP contribution in [0, 0.1) is 0 Å². The number of likely N-dealkylation sites (tertiary alicyclic amines) is 1. The van der Waals surface area contributed by atoms with Crippen LogP contribution in [0.15, 0.2) is 34.6 Å². The summed E-state index contributed by atoms with van der Waals surface area (Å²) < 4.78 is 5.27. The molecule has 3 rings (SSSR count). The van der Waals surface area contributed by atoms with E-state index in [0.29, 0.717) is 11.3 Å². The van der Waals surface area contributed by atoms with Crippen LogP contribution in [0.4, 0.5) is 0 Å². The van der Waals surface area contributed by atoms with E-state index in [1.165, 1.54) is 6.92 Å². The van der Waals surface area contributed by atoms with Crippen LogP contribution in [0.1, 0.15) is 26.2 Å². The summed E-state index contributed by atoms with van der Waals surface area (Å²) in [4.78, 5) is 25.9. The maximum Gasteiger partial charge on any atom is 0.266 e. The van der Waals surface area contributed by atoms with E-state index in [1.807, 2.05) is 0 Å². The van der Waals surface area contributed by atoms with Crippen LogP contribution in [-0.2, 0) is 14.3 Å². The van der Waals surface area contributed by atoms with Crippen LogP contribution < -0.4 is 0 Å². The molecule has 0 unspecified atom stereocenters. The van der Waals surface area contributed by atoms with Crippen molar-refractivity contribution in [1.29, 1.82) is 0 Å². The molecule has 0 aromatic rings. The Labute approximate surface area is 110 Å². The quantitative estimate of drug-likeness (QED) is 0.726. The summed E-state index contributed by atoms with van der Waals surface area (Å²) in [5.41, 5.74) is 1.24. The standard InChI is InChI=1S/C14H15NO4/c1-8-12(17)13(18)14(19-8)9-6-10(11(16)7-9)15-4-2-3-5-15/h6,17H,2-5,7H2,1H3/b14-9+. The van der Waals surface area contributed by atoms with E-state index >= 15 is 0 Å². The van der Waals surface area contributed by atoms with Gasteiger partial charge in [-0.25, -0.2) is 0 Å². The number of aliphatic hydroxyl groups excluding tert-OH is 1. The molecule has 0 spiro atoms. The first-order valence-corrected chi connectivity index (χ1v) is 6.43. The molecule has 1 fully saturated rings. The van der Waals surface area contributed by atoms with Gasteiger partial charge in [0.1, 0.15) is 5.76 Å². The SMILES string of the molecule is CC1=C(O)C(=O)/C(=C2/C=C(N3CCCC3)C(=O)C2)O1. The van der Waals surface area contributed by atoms with Crippen molar-refractivity contribution in [3.63, 3.8) is 0 Å². The number of rotatable bonds is 1. The largest absolute Gasteiger partial charge is 0.502 e. The molecule has 100 valence electrons. The van der Waals surface area contributed by atoms with Gasteiger partial charge in [0.05, 0.1) is 5.70 Å². The molecule has 0 radical (unpaired) electrons. The van der Waals surface area contributed by atoms with Crippen LogP contribution in [0.5, 0.6) is 0 Å². The van der Waals surface area contributed by atoms with Crippen LogP contribution in [-0.4, -0.2) is 34.7 Å². The molecule has 2 aliphatic heterocycles. The second kappa shape index (κ2) is 4.26. The van der Waals surface area contributed by atoms with E-state index in [-0.39, 0.29) is 29.5 Å². The van der Waals surface area contributed by atoms with Gasteiger partial charge in [-0.1, -0.05) is 0 Å². The third kappa shape index (κ3) is 1.85. The van der Waals surface area contributed by atoms with Gasteiger partial charge >= 0.3 is 0 Å². The van der Waals surface area contributed by atoms with Gasteiger partial charge in [-0.3, -0.25) is 9.59 Å². The Morgan fingerprint density at radius 2 is 1.95 bits per heavy atom. The molecule has 0 aromatic heterocycles. The Morgan fingerprint density at radius 3 is 2.53 bits per heavy atom. The molecule has 0 atom stereocenters. The number of ether oxygens (including phenoxy) is 1. The van der Waals surface area contributed by atoms with Crippen LogP contribution in [0.2, 0.25) is 0 Å². The number of allylic oxidation sites excluding steroid dienone is 4. The number of carbonyl (C=O) groups is 2. The molecule has 0 amide bonds. The number of hydrogen-bond donors (Lipinski definition) is 1. The second-order valence-electron chi connectivity index (χ2n) is 5.01. The number of carbonyl (C=O) groups excluding carboxylic acids is 2. The number of ketones is 2. The minimum atomic E-state index is -0.528. The highest BCUT2D eigenvalue weighted by molar-refractivity contribution is 6.10. The van der Waals surface area contributed by atoms with Gasteiger partial charge in [-0.2, -0.15) is 0 Å². The third-order valence-corrected chi connectivity index (χ3v) is 3.70. The molecule has 5 nitrogen and oxygen atoms in total. The summed E-state index contributed by atoms with van der Waals surface area (Å²) in [6, 6.07) is 0. The topological polar surface area (TPSA) is 66.8 Å². The highest BCUT2D eigenvalue weighted by Gasteiger charge is 2.35. The van der Waals surface area contributed by atoms with Crippen LogP contribution >= 0.6 is 0 Å². The van der Waals surface area contributed by atoms with E-state index in [1.54, 1.807) is 6.08 Å². The summed E-state index contributed by atoms with van der Waals surface area (Å²) in [6.45, 7) is 3.30. The lowest BCUT2D eigenvalue weighted by molar-refractivity contribution is -0.115.